The largest absolute Gasteiger partial charge is 0.391 e. The average molecular weight is 165 g/mol. The summed E-state index contributed by atoms with van der Waals surface area (Å²) in [4.78, 5) is 0. The van der Waals surface area contributed by atoms with Crippen LogP contribution in [0.2, 0.25) is 0 Å². The second kappa shape index (κ2) is 2.93. The Balaban J connectivity index is 0. The Bertz CT molecular complexity index is 23.0. The van der Waals surface area contributed by atoms with E-state index in [1.807, 2.05) is 0 Å². The summed E-state index contributed by atoms with van der Waals surface area (Å²) in [6.07, 6.45) is 0. The van der Waals surface area contributed by atoms with Crippen molar-refractivity contribution < 1.29 is 31.3 Å². The van der Waals surface area contributed by atoms with Crippen molar-refractivity contribution in [3.05, 3.63) is 0 Å². The topological polar surface area (TPSA) is 20.2 Å². The van der Waals surface area contributed by atoms with Crippen LogP contribution in [0.4, 0.5) is 0 Å². The first-order chi connectivity index (χ1) is 2.00. The molecule has 0 saturated heterocycles. The van der Waals surface area contributed by atoms with Crippen LogP contribution in [0.25, 0.3) is 0 Å². The quantitative estimate of drug-likeness (QED) is 0.562. The molecule has 0 saturated carbocycles. The minimum atomic E-state index is -0.500. The molecule has 1 nitrogen and oxygen atoms in total. The fourth-order valence-corrected chi connectivity index (χ4v) is 0. The third kappa shape index (κ3) is 101. The third-order valence-corrected chi connectivity index (χ3v) is 0. The van der Waals surface area contributed by atoms with E-state index in [1.54, 1.807) is 20.8 Å². The molecule has 0 aliphatic carbocycles. The van der Waals surface area contributed by atoms with Gasteiger partial charge in [-0.15, -0.1) is 0 Å². The van der Waals surface area contributed by atoms with Gasteiger partial charge in [0.25, 0.3) is 0 Å². The molecule has 2 heteroatoms. The Hall–Kier alpha value is 0.843. The van der Waals surface area contributed by atoms with E-state index < -0.39 is 5.60 Å². The molecule has 0 amide bonds. The van der Waals surface area contributed by atoms with E-state index in [-0.39, 0.29) is 26.2 Å². The Labute approximate surface area is 57.9 Å². The molecule has 0 aromatic rings. The first-order valence-corrected chi connectivity index (χ1v) is 1.72. The average Bonchev–Trinajstić information content (AvgIpc) is 0.722. The summed E-state index contributed by atoms with van der Waals surface area (Å²) in [5.74, 6) is 0. The molecule has 0 aliphatic heterocycles. The summed E-state index contributed by atoms with van der Waals surface area (Å²) in [5.41, 5.74) is -0.500. The molecule has 1 N–H and O–H groups in total. The summed E-state index contributed by atoms with van der Waals surface area (Å²) >= 11 is 0. The number of hydrogen-bond donors (Lipinski definition) is 1. The fourth-order valence-electron chi connectivity index (χ4n) is 0. The Morgan fingerprint density at radius 2 is 1.17 bits per heavy atom. The minimum absolute atomic E-state index is 0. The van der Waals surface area contributed by atoms with E-state index in [9.17, 15) is 0 Å². The number of rotatable bonds is 0. The molecule has 0 aromatic carbocycles. The van der Waals surface area contributed by atoms with Crippen LogP contribution in [0.5, 0.6) is 0 Å². The van der Waals surface area contributed by atoms with Crippen LogP contribution in [-0.2, 0) is 26.2 Å². The second-order valence-corrected chi connectivity index (χ2v) is 2.17. The Morgan fingerprint density at radius 1 is 1.17 bits per heavy atom. The van der Waals surface area contributed by atoms with Crippen LogP contribution in [-0.4, -0.2) is 10.7 Å². The molecule has 0 fully saturated rings. The molecule has 0 aromatic heterocycles. The van der Waals surface area contributed by atoms with Crippen molar-refractivity contribution in [3.8, 4) is 0 Å². The predicted octanol–water partition coefficient (Wildman–Crippen LogP) is 0.775. The summed E-state index contributed by atoms with van der Waals surface area (Å²) < 4.78 is 0. The molecule has 0 atom stereocenters. The van der Waals surface area contributed by atoms with Gasteiger partial charge in [-0.25, -0.2) is 0 Å². The van der Waals surface area contributed by atoms with Crippen LogP contribution in [0.3, 0.4) is 0 Å². The number of hydrogen-bond acceptors (Lipinski definition) is 1. The van der Waals surface area contributed by atoms with Crippen LogP contribution < -0.4 is 0 Å². The summed E-state index contributed by atoms with van der Waals surface area (Å²) in [7, 11) is 0. The van der Waals surface area contributed by atoms with Gasteiger partial charge in [0.2, 0.25) is 0 Å². The van der Waals surface area contributed by atoms with Crippen LogP contribution >= 0.6 is 0 Å². The third-order valence-electron chi connectivity index (χ3n) is 0. The van der Waals surface area contributed by atoms with Crippen molar-refractivity contribution >= 4 is 0 Å². The van der Waals surface area contributed by atoms with Crippen LogP contribution in [0.15, 0.2) is 0 Å². The van der Waals surface area contributed by atoms with Crippen molar-refractivity contribution in [1.29, 1.82) is 0 Å². The predicted molar refractivity (Wildman–Crippen MR) is 22.0 cm³/mol. The molecular weight excluding hydrogens is 155 g/mol. The summed E-state index contributed by atoms with van der Waals surface area (Å²) in [6.45, 7) is 5.23. The molecule has 0 bridgehead atoms. The van der Waals surface area contributed by atoms with E-state index in [4.69, 9.17) is 5.11 Å². The van der Waals surface area contributed by atoms with E-state index in [2.05, 4.69) is 0 Å². The van der Waals surface area contributed by atoms with Gasteiger partial charge in [0.05, 0.1) is 5.60 Å². The zero-order valence-corrected chi connectivity index (χ0v) is 6.91. The van der Waals surface area contributed by atoms with Crippen LogP contribution in [0, 0.1) is 0 Å². The maximum absolute atomic E-state index is 8.52. The van der Waals surface area contributed by atoms with E-state index in [0.717, 1.165) is 0 Å². The van der Waals surface area contributed by atoms with Crippen molar-refractivity contribution in [2.75, 3.05) is 0 Å². The molecule has 0 heterocycles. The van der Waals surface area contributed by atoms with Crippen molar-refractivity contribution in [2.45, 2.75) is 26.4 Å². The van der Waals surface area contributed by atoms with Crippen molar-refractivity contribution in [2.24, 2.45) is 0 Å². The van der Waals surface area contributed by atoms with Gasteiger partial charge in [-0.2, -0.15) is 0 Å². The molecule has 36 valence electrons. The molecule has 0 radical (unpaired) electrons. The Kier molecular flexibility index (Phi) is 4.86. The molecular formula is C4H10OZr. The molecule has 0 rings (SSSR count). The van der Waals surface area contributed by atoms with Crippen LogP contribution in [0.1, 0.15) is 20.8 Å². The SMILES string of the molecule is CC(C)(C)O.[Zr]. The molecule has 6 heavy (non-hydrogen) atoms. The van der Waals surface area contributed by atoms with Gasteiger partial charge >= 0.3 is 0 Å². The zero-order valence-electron chi connectivity index (χ0n) is 4.45. The van der Waals surface area contributed by atoms with Crippen molar-refractivity contribution in [1.82, 2.24) is 0 Å². The van der Waals surface area contributed by atoms with E-state index >= 15 is 0 Å². The summed E-state index contributed by atoms with van der Waals surface area (Å²) in [6, 6.07) is 0. The normalized spacial score (nSPS) is 10.0. The maximum atomic E-state index is 8.52. The first-order valence-electron chi connectivity index (χ1n) is 1.72. The standard InChI is InChI=1S/C4H10O.Zr/c1-4(2,3)5;/h5H,1-3H3;. The van der Waals surface area contributed by atoms with Crippen molar-refractivity contribution in [3.63, 3.8) is 0 Å². The van der Waals surface area contributed by atoms with Gasteiger partial charge in [0.15, 0.2) is 0 Å². The number of aliphatic hydroxyl groups is 1. The fraction of sp³-hybridized carbons (Fsp3) is 1.00. The van der Waals surface area contributed by atoms with E-state index in [0.29, 0.717) is 0 Å². The summed E-state index contributed by atoms with van der Waals surface area (Å²) in [5, 5.41) is 8.52. The zero-order chi connectivity index (χ0) is 4.50. The molecule has 0 spiro atoms. The van der Waals surface area contributed by atoms with Gasteiger partial charge in [0.1, 0.15) is 0 Å². The molecule has 0 unspecified atom stereocenters. The smallest absolute Gasteiger partial charge is 0.0563 e. The van der Waals surface area contributed by atoms with Gasteiger partial charge < -0.3 is 5.11 Å². The van der Waals surface area contributed by atoms with Gasteiger partial charge in [-0.3, -0.25) is 0 Å². The van der Waals surface area contributed by atoms with E-state index in [1.165, 1.54) is 0 Å². The first kappa shape index (κ1) is 9.96. The van der Waals surface area contributed by atoms with Gasteiger partial charge in [-0.05, 0) is 20.8 Å². The Morgan fingerprint density at radius 3 is 1.17 bits per heavy atom. The van der Waals surface area contributed by atoms with Gasteiger partial charge in [0, 0.05) is 26.2 Å². The second-order valence-electron chi connectivity index (χ2n) is 2.17. The van der Waals surface area contributed by atoms with Gasteiger partial charge in [-0.1, -0.05) is 0 Å². The maximum Gasteiger partial charge on any atom is 0.0563 e. The monoisotopic (exact) mass is 164 g/mol. The molecule has 0 aliphatic rings. The minimum Gasteiger partial charge on any atom is -0.391 e.